The summed E-state index contributed by atoms with van der Waals surface area (Å²) in [5.74, 6) is 0.220. The van der Waals surface area contributed by atoms with Gasteiger partial charge in [-0.1, -0.05) is 6.92 Å². The zero-order valence-corrected chi connectivity index (χ0v) is 16.4. The lowest BCUT2D eigenvalue weighted by atomic mass is 9.50. The van der Waals surface area contributed by atoms with Gasteiger partial charge < -0.3 is 24.4 Å². The molecule has 0 saturated heterocycles. The van der Waals surface area contributed by atoms with Gasteiger partial charge in [0.05, 0.1) is 43.0 Å². The first-order chi connectivity index (χ1) is 12.2. The maximum atomic E-state index is 12.8. The fourth-order valence-corrected chi connectivity index (χ4v) is 5.62. The van der Waals surface area contributed by atoms with Crippen molar-refractivity contribution in [3.05, 3.63) is 0 Å². The summed E-state index contributed by atoms with van der Waals surface area (Å²) in [5.41, 5.74) is -1.89. The second-order valence-corrected chi connectivity index (χ2v) is 9.33. The number of ether oxygens (including phenoxy) is 3. The van der Waals surface area contributed by atoms with Crippen molar-refractivity contribution < 1.29 is 29.2 Å². The molecule has 4 aliphatic carbocycles. The number of rotatable bonds is 9. The highest BCUT2D eigenvalue weighted by Gasteiger charge is 2.66. The van der Waals surface area contributed by atoms with Crippen LogP contribution in [-0.4, -0.2) is 59.4 Å². The molecule has 4 saturated carbocycles. The third-order valence-corrected chi connectivity index (χ3v) is 6.66. The standard InChI is InChI=1S/C20H34O6/c1-4-17(2,3)16(23)26-20-11-15-9-18(13-20,24-7-5-21)12-19(10-15,14-20)25-8-6-22/h15,21-22H,4-14H2,1-3H3. The van der Waals surface area contributed by atoms with Crippen LogP contribution in [0.15, 0.2) is 0 Å². The summed E-state index contributed by atoms with van der Waals surface area (Å²) >= 11 is 0. The maximum Gasteiger partial charge on any atom is 0.312 e. The molecule has 6 nitrogen and oxygen atoms in total. The van der Waals surface area contributed by atoms with E-state index in [-0.39, 0.29) is 32.4 Å². The zero-order valence-electron chi connectivity index (χ0n) is 16.4. The van der Waals surface area contributed by atoms with E-state index in [0.29, 0.717) is 18.8 Å². The first kappa shape index (κ1) is 20.1. The molecule has 0 radical (unpaired) electrons. The van der Waals surface area contributed by atoms with Gasteiger partial charge in [0, 0.05) is 19.3 Å². The van der Waals surface area contributed by atoms with Crippen LogP contribution in [0.25, 0.3) is 0 Å². The fourth-order valence-electron chi connectivity index (χ4n) is 5.62. The van der Waals surface area contributed by atoms with Crippen molar-refractivity contribution in [2.45, 2.75) is 82.5 Å². The molecule has 6 heteroatoms. The van der Waals surface area contributed by atoms with Gasteiger partial charge in [0.15, 0.2) is 0 Å². The summed E-state index contributed by atoms with van der Waals surface area (Å²) in [5, 5.41) is 18.5. The molecule has 0 aromatic rings. The average molecular weight is 370 g/mol. The number of esters is 1. The summed E-state index contributed by atoms with van der Waals surface area (Å²) in [6.45, 7) is 6.37. The van der Waals surface area contributed by atoms with Crippen molar-refractivity contribution in [2.24, 2.45) is 11.3 Å². The van der Waals surface area contributed by atoms with Gasteiger partial charge in [-0.3, -0.25) is 4.79 Å². The highest BCUT2D eigenvalue weighted by atomic mass is 16.6. The minimum absolute atomic E-state index is 0.0213. The number of hydrogen-bond donors (Lipinski definition) is 2. The molecule has 4 fully saturated rings. The Balaban J connectivity index is 1.87. The largest absolute Gasteiger partial charge is 0.458 e. The Labute approximate surface area is 156 Å². The molecule has 0 spiro atoms. The van der Waals surface area contributed by atoms with Crippen LogP contribution >= 0.6 is 0 Å². The van der Waals surface area contributed by atoms with Gasteiger partial charge in [-0.05, 0) is 45.4 Å². The van der Waals surface area contributed by atoms with E-state index >= 15 is 0 Å². The first-order valence-electron chi connectivity index (χ1n) is 9.95. The van der Waals surface area contributed by atoms with Crippen molar-refractivity contribution in [3.63, 3.8) is 0 Å². The minimum atomic E-state index is -0.562. The van der Waals surface area contributed by atoms with Crippen molar-refractivity contribution >= 4 is 5.97 Å². The number of aliphatic hydroxyl groups is 2. The first-order valence-corrected chi connectivity index (χ1v) is 9.95. The van der Waals surface area contributed by atoms with Crippen LogP contribution in [0, 0.1) is 11.3 Å². The van der Waals surface area contributed by atoms with E-state index in [4.69, 9.17) is 14.2 Å². The topological polar surface area (TPSA) is 85.2 Å². The second kappa shape index (κ2) is 7.04. The van der Waals surface area contributed by atoms with Crippen LogP contribution in [0.3, 0.4) is 0 Å². The van der Waals surface area contributed by atoms with Crippen LogP contribution in [0.4, 0.5) is 0 Å². The van der Waals surface area contributed by atoms with E-state index in [2.05, 4.69) is 0 Å². The van der Waals surface area contributed by atoms with E-state index in [1.807, 2.05) is 20.8 Å². The minimum Gasteiger partial charge on any atom is -0.458 e. The Morgan fingerprint density at radius 1 is 0.962 bits per heavy atom. The predicted octanol–water partition coefficient (Wildman–Crippen LogP) is 2.20. The quantitative estimate of drug-likeness (QED) is 0.605. The number of hydrogen-bond acceptors (Lipinski definition) is 6. The van der Waals surface area contributed by atoms with Gasteiger partial charge >= 0.3 is 5.97 Å². The van der Waals surface area contributed by atoms with E-state index < -0.39 is 22.2 Å². The molecule has 2 atom stereocenters. The van der Waals surface area contributed by atoms with Gasteiger partial charge in [-0.15, -0.1) is 0 Å². The lowest BCUT2D eigenvalue weighted by Crippen LogP contribution is -2.68. The summed E-state index contributed by atoms with van der Waals surface area (Å²) in [4.78, 5) is 12.8. The van der Waals surface area contributed by atoms with Crippen LogP contribution in [0.5, 0.6) is 0 Å². The lowest BCUT2D eigenvalue weighted by molar-refractivity contribution is -0.288. The van der Waals surface area contributed by atoms with E-state index in [0.717, 1.165) is 32.1 Å². The number of aliphatic hydroxyl groups excluding tert-OH is 2. The Bertz CT molecular complexity index is 506. The summed E-state index contributed by atoms with van der Waals surface area (Å²) < 4.78 is 18.5. The van der Waals surface area contributed by atoms with Crippen LogP contribution in [-0.2, 0) is 19.0 Å². The van der Waals surface area contributed by atoms with Crippen LogP contribution in [0.2, 0.25) is 0 Å². The van der Waals surface area contributed by atoms with E-state index in [1.54, 1.807) is 0 Å². The molecule has 0 amide bonds. The molecule has 26 heavy (non-hydrogen) atoms. The van der Waals surface area contributed by atoms with Crippen LogP contribution < -0.4 is 0 Å². The molecular weight excluding hydrogens is 336 g/mol. The molecule has 2 N–H and O–H groups in total. The molecule has 4 bridgehead atoms. The zero-order chi connectivity index (χ0) is 19.1. The molecule has 0 heterocycles. The average Bonchev–Trinajstić information content (AvgIpc) is 2.56. The molecular formula is C20H34O6. The highest BCUT2D eigenvalue weighted by molar-refractivity contribution is 5.76. The smallest absolute Gasteiger partial charge is 0.312 e. The van der Waals surface area contributed by atoms with Crippen LogP contribution in [0.1, 0.15) is 65.7 Å². The van der Waals surface area contributed by atoms with Crippen molar-refractivity contribution in [2.75, 3.05) is 26.4 Å². The molecule has 0 aromatic heterocycles. The fraction of sp³-hybridized carbons (Fsp3) is 0.950. The van der Waals surface area contributed by atoms with Crippen molar-refractivity contribution in [1.29, 1.82) is 0 Å². The maximum absolute atomic E-state index is 12.8. The van der Waals surface area contributed by atoms with Gasteiger partial charge in [-0.2, -0.15) is 0 Å². The van der Waals surface area contributed by atoms with E-state index in [9.17, 15) is 15.0 Å². The van der Waals surface area contributed by atoms with Gasteiger partial charge in [0.1, 0.15) is 5.60 Å². The van der Waals surface area contributed by atoms with Gasteiger partial charge in [0.2, 0.25) is 0 Å². The monoisotopic (exact) mass is 370 g/mol. The molecule has 2 unspecified atom stereocenters. The van der Waals surface area contributed by atoms with Crippen molar-refractivity contribution in [1.82, 2.24) is 0 Å². The third-order valence-electron chi connectivity index (χ3n) is 6.66. The summed E-state index contributed by atoms with van der Waals surface area (Å²) in [6, 6.07) is 0. The Morgan fingerprint density at radius 3 is 1.88 bits per heavy atom. The molecule has 4 rings (SSSR count). The Morgan fingerprint density at radius 2 is 1.42 bits per heavy atom. The lowest BCUT2D eigenvalue weighted by Gasteiger charge is -2.65. The molecule has 0 aliphatic heterocycles. The molecule has 0 aromatic carbocycles. The van der Waals surface area contributed by atoms with Crippen molar-refractivity contribution in [3.8, 4) is 0 Å². The van der Waals surface area contributed by atoms with Gasteiger partial charge in [-0.25, -0.2) is 0 Å². The summed E-state index contributed by atoms with van der Waals surface area (Å²) in [6.07, 6.45) is 5.52. The Kier molecular flexibility index (Phi) is 5.43. The molecule has 150 valence electrons. The summed E-state index contributed by atoms with van der Waals surface area (Å²) in [7, 11) is 0. The normalized spacial score (nSPS) is 38.6. The molecule has 4 aliphatic rings. The number of carbonyl (C=O) groups is 1. The SMILES string of the molecule is CCC(C)(C)C(=O)OC12CC3CC(OCCO)(CC(OCCO)(C3)C1)C2. The second-order valence-electron chi connectivity index (χ2n) is 9.33. The number of carbonyl (C=O) groups excluding carboxylic acids is 1. The van der Waals surface area contributed by atoms with Gasteiger partial charge in [0.25, 0.3) is 0 Å². The Hall–Kier alpha value is -0.690. The predicted molar refractivity (Wildman–Crippen MR) is 95.6 cm³/mol. The van der Waals surface area contributed by atoms with E-state index in [1.165, 1.54) is 0 Å². The third kappa shape index (κ3) is 3.66. The highest BCUT2D eigenvalue weighted by Crippen LogP contribution is 2.63.